The van der Waals surface area contributed by atoms with Crippen LogP contribution in [0.1, 0.15) is 11.3 Å². The maximum Gasteiger partial charge on any atom is 0.240 e. The summed E-state index contributed by atoms with van der Waals surface area (Å²) in [5.74, 6) is -0.301. The molecule has 8 heteroatoms. The topological polar surface area (TPSA) is 92.4 Å². The van der Waals surface area contributed by atoms with Crippen LogP contribution >= 0.6 is 0 Å². The van der Waals surface area contributed by atoms with E-state index in [1.807, 2.05) is 0 Å². The molecule has 0 spiro atoms. The van der Waals surface area contributed by atoms with Crippen molar-refractivity contribution in [2.24, 2.45) is 0 Å². The quantitative estimate of drug-likeness (QED) is 0.847. The Kier molecular flexibility index (Phi) is 3.93. The van der Waals surface area contributed by atoms with Crippen LogP contribution in [0.5, 0.6) is 0 Å². The summed E-state index contributed by atoms with van der Waals surface area (Å²) in [5.41, 5.74) is -0.0810. The summed E-state index contributed by atoms with van der Waals surface area (Å²) in [6, 6.07) is 4.72. The van der Waals surface area contributed by atoms with Gasteiger partial charge in [0, 0.05) is 11.6 Å². The molecular formula is C11H11FN2O4S. The first-order valence-corrected chi connectivity index (χ1v) is 6.80. The van der Waals surface area contributed by atoms with Crippen LogP contribution in [0, 0.1) is 5.82 Å². The lowest BCUT2D eigenvalue weighted by atomic mass is 10.2. The highest BCUT2D eigenvalue weighted by Crippen LogP contribution is 2.15. The Morgan fingerprint density at radius 2 is 2.16 bits per heavy atom. The van der Waals surface area contributed by atoms with Crippen LogP contribution in [0.15, 0.2) is 39.9 Å². The van der Waals surface area contributed by atoms with Gasteiger partial charge in [-0.25, -0.2) is 17.5 Å². The maximum atomic E-state index is 13.2. The van der Waals surface area contributed by atoms with Gasteiger partial charge < -0.3 is 9.63 Å². The summed E-state index contributed by atoms with van der Waals surface area (Å²) >= 11 is 0. The Hall–Kier alpha value is -1.77. The van der Waals surface area contributed by atoms with Crippen LogP contribution in [0.4, 0.5) is 4.39 Å². The van der Waals surface area contributed by atoms with Gasteiger partial charge in [0.15, 0.2) is 5.76 Å². The number of nitrogens with one attached hydrogen (secondary N) is 1. The molecule has 1 heterocycles. The number of aromatic nitrogens is 1. The highest BCUT2D eigenvalue weighted by Gasteiger charge is 2.16. The third kappa shape index (κ3) is 3.16. The largest absolute Gasteiger partial charge is 0.392 e. The van der Waals surface area contributed by atoms with Gasteiger partial charge in [-0.15, -0.1) is 0 Å². The number of rotatable bonds is 5. The third-order valence-electron chi connectivity index (χ3n) is 2.43. The van der Waals surface area contributed by atoms with E-state index in [0.29, 0.717) is 5.76 Å². The van der Waals surface area contributed by atoms with Gasteiger partial charge in [-0.2, -0.15) is 0 Å². The summed E-state index contributed by atoms with van der Waals surface area (Å²) in [6.45, 7) is -0.633. The van der Waals surface area contributed by atoms with Crippen LogP contribution in [0.3, 0.4) is 0 Å². The van der Waals surface area contributed by atoms with Gasteiger partial charge in [-0.1, -0.05) is 5.16 Å². The number of sulfonamides is 1. The lowest BCUT2D eigenvalue weighted by Gasteiger charge is -2.07. The van der Waals surface area contributed by atoms with Crippen molar-refractivity contribution in [3.63, 3.8) is 0 Å². The van der Waals surface area contributed by atoms with Crippen molar-refractivity contribution in [2.45, 2.75) is 18.0 Å². The molecule has 0 fully saturated rings. The lowest BCUT2D eigenvalue weighted by molar-refractivity contribution is 0.275. The van der Waals surface area contributed by atoms with Crippen LogP contribution in [-0.4, -0.2) is 18.7 Å². The van der Waals surface area contributed by atoms with Crippen molar-refractivity contribution in [3.05, 3.63) is 47.6 Å². The van der Waals surface area contributed by atoms with Gasteiger partial charge in [0.2, 0.25) is 10.0 Å². The zero-order valence-corrected chi connectivity index (χ0v) is 10.5. The minimum Gasteiger partial charge on any atom is -0.392 e. The molecule has 0 bridgehead atoms. The summed E-state index contributed by atoms with van der Waals surface area (Å²) < 4.78 is 44.1. The van der Waals surface area contributed by atoms with Crippen LogP contribution < -0.4 is 4.72 Å². The number of hydrogen-bond donors (Lipinski definition) is 2. The molecule has 2 N–H and O–H groups in total. The van der Waals surface area contributed by atoms with Gasteiger partial charge in [-0.3, -0.25) is 0 Å². The van der Waals surface area contributed by atoms with Gasteiger partial charge in [0.25, 0.3) is 0 Å². The highest BCUT2D eigenvalue weighted by atomic mass is 32.2. The number of aliphatic hydroxyl groups excluding tert-OH is 1. The monoisotopic (exact) mass is 286 g/mol. The molecule has 0 atom stereocenters. The smallest absolute Gasteiger partial charge is 0.240 e. The van der Waals surface area contributed by atoms with E-state index >= 15 is 0 Å². The van der Waals surface area contributed by atoms with Crippen LogP contribution in [-0.2, 0) is 23.2 Å². The molecule has 0 radical (unpaired) electrons. The molecule has 0 unspecified atom stereocenters. The van der Waals surface area contributed by atoms with Crippen LogP contribution in [0.25, 0.3) is 0 Å². The zero-order valence-electron chi connectivity index (χ0n) is 9.71. The molecule has 0 amide bonds. The minimum absolute atomic E-state index is 0.0613. The number of hydrogen-bond acceptors (Lipinski definition) is 5. The van der Waals surface area contributed by atoms with E-state index < -0.39 is 22.4 Å². The molecule has 0 aliphatic rings. The molecular weight excluding hydrogens is 275 g/mol. The van der Waals surface area contributed by atoms with Crippen molar-refractivity contribution in [3.8, 4) is 0 Å². The third-order valence-corrected chi connectivity index (χ3v) is 3.82. The Morgan fingerprint density at radius 3 is 2.79 bits per heavy atom. The van der Waals surface area contributed by atoms with Gasteiger partial charge >= 0.3 is 0 Å². The molecule has 0 saturated heterocycles. The van der Waals surface area contributed by atoms with E-state index in [4.69, 9.17) is 9.63 Å². The molecule has 19 heavy (non-hydrogen) atoms. The normalized spacial score (nSPS) is 11.7. The first-order valence-electron chi connectivity index (χ1n) is 5.31. The molecule has 6 nitrogen and oxygen atoms in total. The van der Waals surface area contributed by atoms with Gasteiger partial charge in [-0.05, 0) is 18.2 Å². The predicted octanol–water partition coefficient (Wildman–Crippen LogP) is 0.785. The van der Waals surface area contributed by atoms with Crippen molar-refractivity contribution in [1.29, 1.82) is 0 Å². The Labute approximate surface area is 108 Å². The van der Waals surface area contributed by atoms with E-state index in [0.717, 1.165) is 18.2 Å². The average molecular weight is 286 g/mol. The Morgan fingerprint density at radius 1 is 1.37 bits per heavy atom. The first-order chi connectivity index (χ1) is 9.03. The van der Waals surface area contributed by atoms with E-state index in [2.05, 4.69) is 9.88 Å². The van der Waals surface area contributed by atoms with Gasteiger partial charge in [0.05, 0.1) is 24.2 Å². The van der Waals surface area contributed by atoms with E-state index in [-0.39, 0.29) is 17.0 Å². The predicted molar refractivity (Wildman–Crippen MR) is 62.9 cm³/mol. The second kappa shape index (κ2) is 5.47. The van der Waals surface area contributed by atoms with Crippen molar-refractivity contribution < 1.29 is 22.4 Å². The summed E-state index contributed by atoms with van der Waals surface area (Å²) in [5, 5.41) is 12.4. The molecule has 0 aliphatic heterocycles. The number of benzene rings is 1. The maximum absolute atomic E-state index is 13.2. The fourth-order valence-corrected chi connectivity index (χ4v) is 2.47. The van der Waals surface area contributed by atoms with Crippen LogP contribution in [0.2, 0.25) is 0 Å². The Balaban J connectivity index is 2.19. The number of aliphatic hydroxyl groups is 1. The summed E-state index contributed by atoms with van der Waals surface area (Å²) in [4.78, 5) is -0.127. The van der Waals surface area contributed by atoms with E-state index in [1.165, 1.54) is 12.3 Å². The summed E-state index contributed by atoms with van der Waals surface area (Å²) in [6.07, 6.45) is 1.39. The van der Waals surface area contributed by atoms with E-state index in [1.54, 1.807) is 0 Å². The van der Waals surface area contributed by atoms with Gasteiger partial charge in [0.1, 0.15) is 5.82 Å². The standard InChI is InChI=1S/C11H11FN2O4S/c12-11-2-1-10(5-8(11)7-15)19(16,17)14-6-9-3-4-13-18-9/h1-5,14-15H,6-7H2. The van der Waals surface area contributed by atoms with Crippen molar-refractivity contribution in [2.75, 3.05) is 0 Å². The average Bonchev–Trinajstić information content (AvgIpc) is 2.90. The molecule has 0 aliphatic carbocycles. The first kappa shape index (κ1) is 13.7. The molecule has 1 aromatic heterocycles. The van der Waals surface area contributed by atoms with Crippen molar-refractivity contribution in [1.82, 2.24) is 9.88 Å². The van der Waals surface area contributed by atoms with Crippen molar-refractivity contribution >= 4 is 10.0 Å². The lowest BCUT2D eigenvalue weighted by Crippen LogP contribution is -2.23. The SMILES string of the molecule is O=S(=O)(NCc1ccno1)c1ccc(F)c(CO)c1. The number of halogens is 1. The molecule has 2 rings (SSSR count). The molecule has 102 valence electrons. The zero-order chi connectivity index (χ0) is 13.9. The molecule has 2 aromatic rings. The molecule has 1 aromatic carbocycles. The second-order valence-corrected chi connectivity index (χ2v) is 5.48. The molecule has 0 saturated carbocycles. The fraction of sp³-hybridized carbons (Fsp3) is 0.182. The number of nitrogens with zero attached hydrogens (tertiary/aromatic N) is 1. The highest BCUT2D eigenvalue weighted by molar-refractivity contribution is 7.89. The fourth-order valence-electron chi connectivity index (χ4n) is 1.42. The summed E-state index contributed by atoms with van der Waals surface area (Å²) in [7, 11) is -3.80. The van der Waals surface area contributed by atoms with E-state index in [9.17, 15) is 12.8 Å². The second-order valence-electron chi connectivity index (χ2n) is 3.71. The minimum atomic E-state index is -3.80. The Bertz CT molecular complexity index is 655.